The van der Waals surface area contributed by atoms with Gasteiger partial charge in [0.2, 0.25) is 0 Å². The largest absolute Gasteiger partial charge is 0.381 e. The number of pyridine rings is 3. The summed E-state index contributed by atoms with van der Waals surface area (Å²) in [6, 6.07) is 15.6. The van der Waals surface area contributed by atoms with Crippen LogP contribution in [0, 0.1) is 34.9 Å². The highest BCUT2D eigenvalue weighted by molar-refractivity contribution is 7.20. The summed E-state index contributed by atoms with van der Waals surface area (Å²) in [7, 11) is 4.37. The fraction of sp³-hybridized carbons (Fsp3) is 0.324. The van der Waals surface area contributed by atoms with Crippen LogP contribution in [0.3, 0.4) is 0 Å². The summed E-state index contributed by atoms with van der Waals surface area (Å²) < 4.78 is 107. The molecule has 4 saturated heterocycles. The minimum Gasteiger partial charge on any atom is -0.381 e. The van der Waals surface area contributed by atoms with E-state index >= 15 is 0 Å². The molecular formula is C68H60F6N12O3S6. The summed E-state index contributed by atoms with van der Waals surface area (Å²) in [5.41, 5.74) is 9.02. The third-order valence-electron chi connectivity index (χ3n) is 19.8. The molecule has 6 aliphatic heterocycles. The first-order valence-corrected chi connectivity index (χ1v) is 36.3. The number of likely N-dealkylation sites (N-methyl/N-ethyl adjacent to an activating group) is 2. The van der Waals surface area contributed by atoms with E-state index in [0.717, 1.165) is 145 Å². The fourth-order valence-electron chi connectivity index (χ4n) is 14.7. The summed E-state index contributed by atoms with van der Waals surface area (Å²) in [5.74, 6) is -3.52. The van der Waals surface area contributed by atoms with Crippen LogP contribution in [0.25, 0.3) is 72.4 Å². The van der Waals surface area contributed by atoms with E-state index in [2.05, 4.69) is 105 Å². The van der Waals surface area contributed by atoms with Crippen LogP contribution in [-0.2, 0) is 14.2 Å². The van der Waals surface area contributed by atoms with Crippen molar-refractivity contribution in [3.8, 4) is 0 Å². The Morgan fingerprint density at radius 3 is 1.44 bits per heavy atom. The number of thiazole rings is 3. The maximum Gasteiger partial charge on any atom is 0.176 e. The summed E-state index contributed by atoms with van der Waals surface area (Å²) in [6.07, 6.45) is 16.4. The molecule has 95 heavy (non-hydrogen) atoms. The second kappa shape index (κ2) is 25.4. The standard InChI is InChI=1S/C23H22F2N4OS2.C23H20F2N4OS2.C22H18F2N4OS2/c2*1-29-7-3-14(23(29)4-8-30-9-5-23)17-10-13-16(2-6-26-22(13)32-17)28-20-15(24)11-18-21(19(20)25)27-12-31-18;23-14-10-17-20(26-11-30-17)18(24)19(14)28-15-2-5-25-21-12(15)9-16(31-21)13-1-6-27-22(13)3-7-29-8-4-22/h2,6,10-12,14H,3-5,7-9H2,1H3,(H,26,28);2-3,6,10-12H,4-5,7-9H2,1H3,(H,26,28);1-2,5,9-11,27H,3-4,6-8H2,(H,25,28). The molecule has 0 amide bonds. The Kier molecular flexibility index (Phi) is 16.7. The van der Waals surface area contributed by atoms with E-state index in [1.165, 1.54) is 84.8 Å². The topological polar surface area (TPSA) is 160 Å². The lowest BCUT2D eigenvalue weighted by atomic mass is 9.77. The average molecular weight is 1400 g/mol. The van der Waals surface area contributed by atoms with E-state index in [-0.39, 0.29) is 50.2 Å². The number of nitrogens with zero attached hydrogens (tertiary/aromatic N) is 8. The molecule has 6 aliphatic rings. The zero-order valence-corrected chi connectivity index (χ0v) is 56.1. The normalized spacial score (nSPS) is 19.3. The van der Waals surface area contributed by atoms with Crippen LogP contribution in [-0.4, -0.2) is 130 Å². The lowest BCUT2D eigenvalue weighted by Gasteiger charge is -2.43. The number of anilines is 6. The molecule has 0 radical (unpaired) electrons. The molecule has 0 bridgehead atoms. The van der Waals surface area contributed by atoms with Crippen molar-refractivity contribution in [2.24, 2.45) is 0 Å². The predicted molar refractivity (Wildman–Crippen MR) is 372 cm³/mol. The maximum atomic E-state index is 15.0. The molecule has 4 fully saturated rings. The first kappa shape index (κ1) is 62.7. The number of hydrogen-bond acceptors (Lipinski definition) is 21. The summed E-state index contributed by atoms with van der Waals surface area (Å²) in [4.78, 5) is 36.7. The van der Waals surface area contributed by atoms with Gasteiger partial charge in [0.1, 0.15) is 48.1 Å². The Labute approximate surface area is 564 Å². The molecule has 488 valence electrons. The molecule has 1 unspecified atom stereocenters. The van der Waals surface area contributed by atoms with Crippen molar-refractivity contribution in [2.75, 3.05) is 89.3 Å². The molecule has 15 heterocycles. The fourth-order valence-corrected chi connectivity index (χ4v) is 20.4. The summed E-state index contributed by atoms with van der Waals surface area (Å²) in [6.45, 7) is 7.31. The monoisotopic (exact) mass is 1400 g/mol. The summed E-state index contributed by atoms with van der Waals surface area (Å²) in [5, 5.41) is 15.2. The minimum absolute atomic E-state index is 0.0272. The zero-order chi connectivity index (χ0) is 64.7. The number of ether oxygens (including phenoxy) is 3. The Bertz CT molecular complexity index is 5010. The van der Waals surface area contributed by atoms with Gasteiger partial charge in [0, 0.05) is 119 Å². The molecule has 3 aromatic carbocycles. The number of thiophene rings is 3. The number of benzene rings is 3. The second-order valence-corrected chi connectivity index (χ2v) is 30.3. The molecular weight excluding hydrogens is 1340 g/mol. The van der Waals surface area contributed by atoms with Crippen LogP contribution < -0.4 is 21.3 Å². The van der Waals surface area contributed by atoms with Crippen molar-refractivity contribution < 1.29 is 40.6 Å². The van der Waals surface area contributed by atoms with Crippen LogP contribution in [0.4, 0.5) is 60.5 Å². The van der Waals surface area contributed by atoms with Crippen LogP contribution in [0.2, 0.25) is 0 Å². The van der Waals surface area contributed by atoms with E-state index in [9.17, 15) is 26.3 Å². The highest BCUT2D eigenvalue weighted by atomic mass is 32.1. The Hall–Kier alpha value is -7.12. The first-order valence-electron chi connectivity index (χ1n) is 31.2. The maximum absolute atomic E-state index is 15.0. The van der Waals surface area contributed by atoms with Gasteiger partial charge in [-0.15, -0.1) is 68.0 Å². The van der Waals surface area contributed by atoms with Crippen LogP contribution in [0.1, 0.15) is 65.5 Å². The highest BCUT2D eigenvalue weighted by Gasteiger charge is 2.49. The van der Waals surface area contributed by atoms with Crippen LogP contribution >= 0.6 is 68.0 Å². The first-order chi connectivity index (χ1) is 46.3. The molecule has 0 aliphatic carbocycles. The molecule has 4 N–H and O–H groups in total. The van der Waals surface area contributed by atoms with Gasteiger partial charge in [-0.05, 0) is 131 Å². The molecule has 1 atom stereocenters. The van der Waals surface area contributed by atoms with Gasteiger partial charge in [0.05, 0.1) is 53.2 Å². The van der Waals surface area contributed by atoms with Gasteiger partial charge in [-0.1, -0.05) is 12.2 Å². The van der Waals surface area contributed by atoms with Crippen molar-refractivity contribution in [3.63, 3.8) is 0 Å². The lowest BCUT2D eigenvalue weighted by molar-refractivity contribution is -0.00532. The lowest BCUT2D eigenvalue weighted by Crippen LogP contribution is -2.49. The van der Waals surface area contributed by atoms with E-state index in [1.54, 1.807) is 70.8 Å². The van der Waals surface area contributed by atoms with Crippen molar-refractivity contribution in [1.82, 2.24) is 45.0 Å². The van der Waals surface area contributed by atoms with Gasteiger partial charge >= 0.3 is 0 Å². The Morgan fingerprint density at radius 2 is 0.947 bits per heavy atom. The molecule has 0 saturated carbocycles. The van der Waals surface area contributed by atoms with E-state index in [1.807, 2.05) is 0 Å². The second-order valence-electron chi connectivity index (χ2n) is 24.5. The number of likely N-dealkylation sites (tertiary alicyclic amines) is 1. The van der Waals surface area contributed by atoms with E-state index in [4.69, 9.17) is 14.2 Å². The molecule has 9 aromatic heterocycles. The van der Waals surface area contributed by atoms with Crippen molar-refractivity contribution >= 4 is 175 Å². The van der Waals surface area contributed by atoms with Crippen LogP contribution in [0.15, 0.2) is 102 Å². The van der Waals surface area contributed by atoms with Gasteiger partial charge in [-0.3, -0.25) is 9.80 Å². The SMILES string of the molecule is CN1CC=C(c2cc3c(Nc4c(F)cc5scnc5c4F)ccnc3s2)C12CCOCC2.CN1CCC(c2cc3c(Nc4c(F)cc5scnc5c4F)ccnc3s2)C12CCOCC2.Fc1cc2scnc2c(F)c1Nc1ccnc2sc(C3=CCNC34CCOCC4)cc12. The van der Waals surface area contributed by atoms with E-state index in [0.29, 0.717) is 37.1 Å². The Balaban J connectivity index is 0.000000112. The van der Waals surface area contributed by atoms with Gasteiger partial charge in [0.25, 0.3) is 0 Å². The molecule has 15 nitrogen and oxygen atoms in total. The quantitative estimate of drug-likeness (QED) is 0.101. The van der Waals surface area contributed by atoms with Crippen molar-refractivity contribution in [3.05, 3.63) is 151 Å². The molecule has 18 rings (SSSR count). The molecule has 3 spiro atoms. The van der Waals surface area contributed by atoms with E-state index < -0.39 is 34.9 Å². The molecule has 12 aromatic rings. The van der Waals surface area contributed by atoms with Crippen LogP contribution in [0.5, 0.6) is 0 Å². The van der Waals surface area contributed by atoms with Gasteiger partial charge < -0.3 is 35.5 Å². The highest BCUT2D eigenvalue weighted by Crippen LogP contribution is 2.52. The third kappa shape index (κ3) is 11.1. The number of hydrogen-bond donors (Lipinski definition) is 4. The molecule has 27 heteroatoms. The number of aromatic nitrogens is 6. The van der Waals surface area contributed by atoms with Gasteiger partial charge in [-0.25, -0.2) is 56.2 Å². The zero-order valence-electron chi connectivity index (χ0n) is 51.2. The number of halogens is 6. The Morgan fingerprint density at radius 1 is 0.505 bits per heavy atom. The minimum atomic E-state index is -0.680. The number of rotatable bonds is 9. The van der Waals surface area contributed by atoms with Crippen molar-refractivity contribution in [2.45, 2.75) is 67.5 Å². The number of fused-ring (bicyclic) bond motifs is 6. The van der Waals surface area contributed by atoms with Gasteiger partial charge in [0.15, 0.2) is 34.9 Å². The third-order valence-corrected chi connectivity index (χ3v) is 25.4. The number of nitrogens with one attached hydrogen (secondary N) is 4. The smallest absolute Gasteiger partial charge is 0.176 e. The van der Waals surface area contributed by atoms with Gasteiger partial charge in [-0.2, -0.15) is 0 Å². The average Bonchev–Trinajstić information content (AvgIpc) is 1.63. The summed E-state index contributed by atoms with van der Waals surface area (Å²) >= 11 is 8.55. The predicted octanol–water partition coefficient (Wildman–Crippen LogP) is 17.2. The van der Waals surface area contributed by atoms with Crippen molar-refractivity contribution in [1.29, 1.82) is 0 Å².